The van der Waals surface area contributed by atoms with Gasteiger partial charge in [-0.15, -0.1) is 0 Å². The SMILES string of the molecule is Cc1cccc(C(=O)OCC2CC=CCC2)c1. The van der Waals surface area contributed by atoms with Gasteiger partial charge in [-0.2, -0.15) is 0 Å². The van der Waals surface area contributed by atoms with Crippen molar-refractivity contribution >= 4 is 5.97 Å². The van der Waals surface area contributed by atoms with E-state index in [-0.39, 0.29) is 5.97 Å². The maximum atomic E-state index is 11.8. The van der Waals surface area contributed by atoms with Crippen LogP contribution in [0, 0.1) is 12.8 Å². The maximum absolute atomic E-state index is 11.8. The number of ether oxygens (including phenoxy) is 1. The number of carbonyl (C=O) groups excluding carboxylic acids is 1. The van der Waals surface area contributed by atoms with Crippen LogP contribution in [0.5, 0.6) is 0 Å². The Morgan fingerprint density at radius 2 is 2.29 bits per heavy atom. The van der Waals surface area contributed by atoms with Gasteiger partial charge in [0.2, 0.25) is 0 Å². The highest BCUT2D eigenvalue weighted by Gasteiger charge is 2.13. The highest BCUT2D eigenvalue weighted by Crippen LogP contribution is 2.18. The van der Waals surface area contributed by atoms with Crippen molar-refractivity contribution in [2.75, 3.05) is 6.61 Å². The predicted molar refractivity (Wildman–Crippen MR) is 67.9 cm³/mol. The largest absolute Gasteiger partial charge is 0.462 e. The fourth-order valence-corrected chi connectivity index (χ4v) is 2.06. The number of hydrogen-bond donors (Lipinski definition) is 0. The van der Waals surface area contributed by atoms with Gasteiger partial charge in [-0.3, -0.25) is 0 Å². The Morgan fingerprint density at radius 1 is 1.41 bits per heavy atom. The highest BCUT2D eigenvalue weighted by atomic mass is 16.5. The van der Waals surface area contributed by atoms with Gasteiger partial charge in [0.25, 0.3) is 0 Å². The average Bonchev–Trinajstić information content (AvgIpc) is 2.37. The van der Waals surface area contributed by atoms with Crippen molar-refractivity contribution in [3.05, 3.63) is 47.5 Å². The number of esters is 1. The summed E-state index contributed by atoms with van der Waals surface area (Å²) in [4.78, 5) is 11.8. The van der Waals surface area contributed by atoms with Gasteiger partial charge in [0.15, 0.2) is 0 Å². The van der Waals surface area contributed by atoms with E-state index in [9.17, 15) is 4.79 Å². The molecule has 2 heteroatoms. The van der Waals surface area contributed by atoms with Gasteiger partial charge < -0.3 is 4.74 Å². The molecular formula is C15H18O2. The van der Waals surface area contributed by atoms with Gasteiger partial charge in [-0.05, 0) is 44.2 Å². The smallest absolute Gasteiger partial charge is 0.338 e. The molecule has 0 bridgehead atoms. The molecule has 1 aromatic rings. The summed E-state index contributed by atoms with van der Waals surface area (Å²) < 4.78 is 5.35. The van der Waals surface area contributed by atoms with Crippen molar-refractivity contribution < 1.29 is 9.53 Å². The summed E-state index contributed by atoms with van der Waals surface area (Å²) in [5, 5.41) is 0. The summed E-state index contributed by atoms with van der Waals surface area (Å²) >= 11 is 0. The topological polar surface area (TPSA) is 26.3 Å². The zero-order valence-corrected chi connectivity index (χ0v) is 10.2. The van der Waals surface area contributed by atoms with E-state index in [1.165, 1.54) is 0 Å². The Hall–Kier alpha value is -1.57. The van der Waals surface area contributed by atoms with Crippen LogP contribution in [0.2, 0.25) is 0 Å². The van der Waals surface area contributed by atoms with E-state index >= 15 is 0 Å². The fourth-order valence-electron chi connectivity index (χ4n) is 2.06. The highest BCUT2D eigenvalue weighted by molar-refractivity contribution is 5.89. The van der Waals surface area contributed by atoms with Crippen molar-refractivity contribution in [3.63, 3.8) is 0 Å². The monoisotopic (exact) mass is 230 g/mol. The van der Waals surface area contributed by atoms with Gasteiger partial charge in [0.05, 0.1) is 12.2 Å². The average molecular weight is 230 g/mol. The molecule has 0 radical (unpaired) electrons. The standard InChI is InChI=1S/C15H18O2/c1-12-6-5-9-14(10-12)15(16)17-11-13-7-3-2-4-8-13/h2-3,5-6,9-10,13H,4,7-8,11H2,1H3. The summed E-state index contributed by atoms with van der Waals surface area (Å²) in [7, 11) is 0. The molecule has 0 spiro atoms. The predicted octanol–water partition coefficient (Wildman–Crippen LogP) is 3.51. The minimum Gasteiger partial charge on any atom is -0.462 e. The van der Waals surface area contributed by atoms with Gasteiger partial charge >= 0.3 is 5.97 Å². The molecule has 2 nitrogen and oxygen atoms in total. The molecule has 0 saturated carbocycles. The van der Waals surface area contributed by atoms with Gasteiger partial charge in [-0.25, -0.2) is 4.79 Å². The Kier molecular flexibility index (Phi) is 3.97. The number of carbonyl (C=O) groups is 1. The van der Waals surface area contributed by atoms with Gasteiger partial charge in [0, 0.05) is 0 Å². The van der Waals surface area contributed by atoms with E-state index in [0.717, 1.165) is 24.8 Å². The lowest BCUT2D eigenvalue weighted by molar-refractivity contribution is 0.0432. The van der Waals surface area contributed by atoms with Crippen LogP contribution in [0.15, 0.2) is 36.4 Å². The van der Waals surface area contributed by atoms with Crippen LogP contribution < -0.4 is 0 Å². The Balaban J connectivity index is 1.87. The molecule has 90 valence electrons. The van der Waals surface area contributed by atoms with E-state index in [2.05, 4.69) is 12.2 Å². The molecule has 0 aliphatic heterocycles. The molecule has 1 unspecified atom stereocenters. The number of aryl methyl sites for hydroxylation is 1. The fraction of sp³-hybridized carbons (Fsp3) is 0.400. The number of allylic oxidation sites excluding steroid dienone is 2. The van der Waals surface area contributed by atoms with Crippen LogP contribution in [0.1, 0.15) is 35.2 Å². The lowest BCUT2D eigenvalue weighted by Crippen LogP contribution is -2.15. The minimum absolute atomic E-state index is 0.205. The quantitative estimate of drug-likeness (QED) is 0.586. The van der Waals surface area contributed by atoms with E-state index in [0.29, 0.717) is 18.1 Å². The Bertz CT molecular complexity index is 421. The third kappa shape index (κ3) is 3.45. The maximum Gasteiger partial charge on any atom is 0.338 e. The molecule has 0 amide bonds. The number of hydrogen-bond acceptors (Lipinski definition) is 2. The summed E-state index contributed by atoms with van der Waals surface area (Å²) in [6.07, 6.45) is 7.62. The molecule has 2 rings (SSSR count). The Morgan fingerprint density at radius 3 is 3.00 bits per heavy atom. The van der Waals surface area contributed by atoms with Crippen LogP contribution in [0.25, 0.3) is 0 Å². The van der Waals surface area contributed by atoms with Crippen molar-refractivity contribution in [2.24, 2.45) is 5.92 Å². The van der Waals surface area contributed by atoms with Crippen LogP contribution in [0.4, 0.5) is 0 Å². The summed E-state index contributed by atoms with van der Waals surface area (Å²) in [5.74, 6) is 0.289. The zero-order chi connectivity index (χ0) is 12.1. The Labute approximate surface area is 102 Å². The molecule has 1 aliphatic carbocycles. The molecule has 1 atom stereocenters. The normalized spacial score (nSPS) is 19.0. The third-order valence-electron chi connectivity index (χ3n) is 3.08. The van der Waals surface area contributed by atoms with Crippen molar-refractivity contribution in [1.82, 2.24) is 0 Å². The zero-order valence-electron chi connectivity index (χ0n) is 10.2. The first-order valence-corrected chi connectivity index (χ1v) is 6.14. The molecule has 0 saturated heterocycles. The van der Waals surface area contributed by atoms with E-state index in [1.807, 2.05) is 25.1 Å². The van der Waals surface area contributed by atoms with Gasteiger partial charge in [0.1, 0.15) is 0 Å². The molecular weight excluding hydrogens is 212 g/mol. The molecule has 0 aromatic heterocycles. The summed E-state index contributed by atoms with van der Waals surface area (Å²) in [6, 6.07) is 7.52. The summed E-state index contributed by atoms with van der Waals surface area (Å²) in [6.45, 7) is 2.51. The molecule has 17 heavy (non-hydrogen) atoms. The van der Waals surface area contributed by atoms with Crippen LogP contribution >= 0.6 is 0 Å². The lowest BCUT2D eigenvalue weighted by atomic mass is 9.95. The van der Waals surface area contributed by atoms with Crippen molar-refractivity contribution in [2.45, 2.75) is 26.2 Å². The van der Waals surface area contributed by atoms with Crippen molar-refractivity contribution in [1.29, 1.82) is 0 Å². The molecule has 0 heterocycles. The summed E-state index contributed by atoms with van der Waals surface area (Å²) in [5.41, 5.74) is 1.73. The second-order valence-electron chi connectivity index (χ2n) is 4.62. The molecule has 1 aliphatic rings. The van der Waals surface area contributed by atoms with E-state index in [1.54, 1.807) is 6.07 Å². The molecule has 1 aromatic carbocycles. The first-order chi connectivity index (χ1) is 8.25. The third-order valence-corrected chi connectivity index (χ3v) is 3.08. The molecule has 0 fully saturated rings. The van der Waals surface area contributed by atoms with Crippen LogP contribution in [-0.4, -0.2) is 12.6 Å². The van der Waals surface area contributed by atoms with Crippen LogP contribution in [-0.2, 0) is 4.74 Å². The second kappa shape index (κ2) is 5.67. The second-order valence-corrected chi connectivity index (χ2v) is 4.62. The number of benzene rings is 1. The first-order valence-electron chi connectivity index (χ1n) is 6.14. The molecule has 0 N–H and O–H groups in total. The van der Waals surface area contributed by atoms with E-state index in [4.69, 9.17) is 4.74 Å². The minimum atomic E-state index is -0.205. The lowest BCUT2D eigenvalue weighted by Gasteiger charge is -2.17. The van der Waals surface area contributed by atoms with Crippen molar-refractivity contribution in [3.8, 4) is 0 Å². The van der Waals surface area contributed by atoms with Crippen LogP contribution in [0.3, 0.4) is 0 Å². The van der Waals surface area contributed by atoms with Gasteiger partial charge in [-0.1, -0.05) is 29.8 Å². The number of rotatable bonds is 3. The first kappa shape index (κ1) is 11.9. The van der Waals surface area contributed by atoms with E-state index < -0.39 is 0 Å².